The van der Waals surface area contributed by atoms with Crippen LogP contribution in [0.15, 0.2) is 12.1 Å². The number of carbonyl (C=O) groups excluding carboxylic acids is 2. The number of hydrogen-bond donors (Lipinski definition) is 0. The zero-order chi connectivity index (χ0) is 14.3. The van der Waals surface area contributed by atoms with Gasteiger partial charge in [0.1, 0.15) is 0 Å². The molecule has 0 saturated heterocycles. The van der Waals surface area contributed by atoms with Crippen molar-refractivity contribution < 1.29 is 19.1 Å². The number of rotatable bonds is 2. The molecule has 1 aromatic rings. The molecule has 20 heavy (non-hydrogen) atoms. The third kappa shape index (κ3) is 1.74. The molecule has 0 N–H and O–H groups in total. The van der Waals surface area contributed by atoms with Crippen LogP contribution in [0, 0.1) is 0 Å². The van der Waals surface area contributed by atoms with E-state index < -0.39 is 0 Å². The highest BCUT2D eigenvalue weighted by molar-refractivity contribution is 5.98. The molecule has 1 aromatic carbocycles. The van der Waals surface area contributed by atoms with Crippen molar-refractivity contribution in [3.8, 4) is 0 Å². The van der Waals surface area contributed by atoms with E-state index in [1.54, 1.807) is 12.1 Å². The van der Waals surface area contributed by atoms with Crippen molar-refractivity contribution in [3.63, 3.8) is 0 Å². The minimum atomic E-state index is -0.318. The number of ether oxygens (including phenoxy) is 2. The SMILES string of the molecule is COC(=O)c1ccc(C(=O)OC)c2c1C1CCCCC21. The van der Waals surface area contributed by atoms with E-state index in [4.69, 9.17) is 9.47 Å². The van der Waals surface area contributed by atoms with Crippen molar-refractivity contribution >= 4 is 11.9 Å². The molecule has 0 radical (unpaired) electrons. The Morgan fingerprint density at radius 3 is 1.65 bits per heavy atom. The van der Waals surface area contributed by atoms with Crippen LogP contribution in [0.4, 0.5) is 0 Å². The van der Waals surface area contributed by atoms with Crippen LogP contribution >= 0.6 is 0 Å². The summed E-state index contributed by atoms with van der Waals surface area (Å²) in [4.78, 5) is 23.8. The van der Waals surface area contributed by atoms with Crippen molar-refractivity contribution in [2.45, 2.75) is 37.5 Å². The van der Waals surface area contributed by atoms with Gasteiger partial charge in [0.15, 0.2) is 0 Å². The first-order valence-corrected chi connectivity index (χ1v) is 7.02. The molecule has 4 heteroatoms. The van der Waals surface area contributed by atoms with Gasteiger partial charge in [0.05, 0.1) is 25.3 Å². The lowest BCUT2D eigenvalue weighted by molar-refractivity contribution is 0.0578. The first-order valence-electron chi connectivity index (χ1n) is 7.02. The van der Waals surface area contributed by atoms with Gasteiger partial charge in [0.25, 0.3) is 0 Å². The van der Waals surface area contributed by atoms with E-state index in [1.807, 2.05) is 0 Å². The van der Waals surface area contributed by atoms with Gasteiger partial charge in [-0.2, -0.15) is 0 Å². The summed E-state index contributed by atoms with van der Waals surface area (Å²) in [6.07, 6.45) is 4.55. The quantitative estimate of drug-likeness (QED) is 0.778. The van der Waals surface area contributed by atoms with Gasteiger partial charge in [-0.1, -0.05) is 12.8 Å². The zero-order valence-electron chi connectivity index (χ0n) is 11.8. The highest BCUT2D eigenvalue weighted by Gasteiger charge is 2.44. The average Bonchev–Trinajstić information content (AvgIpc) is 2.49. The number of hydrogen-bond acceptors (Lipinski definition) is 4. The fourth-order valence-corrected chi connectivity index (χ4v) is 3.74. The molecule has 2 unspecified atom stereocenters. The Morgan fingerprint density at radius 2 is 1.30 bits per heavy atom. The summed E-state index contributed by atoms with van der Waals surface area (Å²) in [6, 6.07) is 3.39. The Hall–Kier alpha value is -1.84. The molecular formula is C16H18O4. The van der Waals surface area contributed by atoms with Crippen LogP contribution in [0.1, 0.15) is 69.4 Å². The van der Waals surface area contributed by atoms with E-state index in [1.165, 1.54) is 27.1 Å². The van der Waals surface area contributed by atoms with Gasteiger partial charge in [-0.25, -0.2) is 9.59 Å². The van der Waals surface area contributed by atoms with Crippen molar-refractivity contribution in [1.82, 2.24) is 0 Å². The highest BCUT2D eigenvalue weighted by Crippen LogP contribution is 2.57. The van der Waals surface area contributed by atoms with Gasteiger partial charge in [0.2, 0.25) is 0 Å². The maximum atomic E-state index is 11.9. The van der Waals surface area contributed by atoms with Crippen LogP contribution in [-0.4, -0.2) is 26.2 Å². The molecule has 0 spiro atoms. The molecule has 106 valence electrons. The second-order valence-corrected chi connectivity index (χ2v) is 5.47. The Bertz CT molecular complexity index is 525. The number of benzene rings is 1. The van der Waals surface area contributed by atoms with E-state index in [0.29, 0.717) is 23.0 Å². The van der Waals surface area contributed by atoms with E-state index in [2.05, 4.69) is 0 Å². The molecule has 0 amide bonds. The maximum Gasteiger partial charge on any atom is 0.338 e. The van der Waals surface area contributed by atoms with Crippen molar-refractivity contribution in [3.05, 3.63) is 34.4 Å². The van der Waals surface area contributed by atoms with Crippen molar-refractivity contribution in [2.75, 3.05) is 14.2 Å². The number of fused-ring (bicyclic) bond motifs is 4. The molecular weight excluding hydrogens is 256 g/mol. The summed E-state index contributed by atoms with van der Waals surface area (Å²) in [6.45, 7) is 0. The molecule has 0 bridgehead atoms. The van der Waals surface area contributed by atoms with E-state index in [0.717, 1.165) is 24.0 Å². The fraction of sp³-hybridized carbons (Fsp3) is 0.500. The predicted molar refractivity (Wildman–Crippen MR) is 73.1 cm³/mol. The second-order valence-electron chi connectivity index (χ2n) is 5.47. The maximum absolute atomic E-state index is 11.9. The van der Waals surface area contributed by atoms with Crippen LogP contribution in [0.3, 0.4) is 0 Å². The van der Waals surface area contributed by atoms with Crippen molar-refractivity contribution in [1.29, 1.82) is 0 Å². The van der Waals surface area contributed by atoms with Gasteiger partial charge in [-0.3, -0.25) is 0 Å². The first kappa shape index (κ1) is 13.2. The van der Waals surface area contributed by atoms with E-state index in [-0.39, 0.29) is 11.9 Å². The van der Waals surface area contributed by atoms with E-state index in [9.17, 15) is 9.59 Å². The first-order chi connectivity index (χ1) is 9.69. The third-order valence-electron chi connectivity index (χ3n) is 4.61. The third-order valence-corrected chi connectivity index (χ3v) is 4.61. The van der Waals surface area contributed by atoms with Gasteiger partial charge < -0.3 is 9.47 Å². The molecule has 1 saturated carbocycles. The molecule has 1 fully saturated rings. The smallest absolute Gasteiger partial charge is 0.338 e. The van der Waals surface area contributed by atoms with Crippen LogP contribution in [0.2, 0.25) is 0 Å². The molecule has 2 aliphatic rings. The summed E-state index contributed by atoms with van der Waals surface area (Å²) < 4.78 is 9.71. The Labute approximate surface area is 118 Å². The Balaban J connectivity index is 2.13. The van der Waals surface area contributed by atoms with Gasteiger partial charge in [-0.15, -0.1) is 0 Å². The number of esters is 2. The fourth-order valence-electron chi connectivity index (χ4n) is 3.74. The summed E-state index contributed by atoms with van der Waals surface area (Å²) in [7, 11) is 2.78. The summed E-state index contributed by atoms with van der Waals surface area (Å²) in [5.74, 6) is 0.165. The van der Waals surface area contributed by atoms with Gasteiger partial charge in [-0.05, 0) is 47.9 Å². The summed E-state index contributed by atoms with van der Waals surface area (Å²) >= 11 is 0. The van der Waals surface area contributed by atoms with Gasteiger partial charge >= 0.3 is 11.9 Å². The van der Waals surface area contributed by atoms with Crippen molar-refractivity contribution in [2.24, 2.45) is 0 Å². The lowest BCUT2D eigenvalue weighted by atomic mass is 9.59. The molecule has 0 aromatic heterocycles. The molecule has 0 heterocycles. The largest absolute Gasteiger partial charge is 0.465 e. The van der Waals surface area contributed by atoms with Gasteiger partial charge in [0, 0.05) is 0 Å². The number of carbonyl (C=O) groups is 2. The predicted octanol–water partition coefficient (Wildman–Crippen LogP) is 3.01. The summed E-state index contributed by atoms with van der Waals surface area (Å²) in [5, 5.41) is 0. The zero-order valence-corrected chi connectivity index (χ0v) is 11.8. The Kier molecular flexibility index (Phi) is 3.24. The van der Waals surface area contributed by atoms with E-state index >= 15 is 0 Å². The lowest BCUT2D eigenvalue weighted by Crippen LogP contribution is -2.32. The minimum Gasteiger partial charge on any atom is -0.465 e. The molecule has 2 atom stereocenters. The van der Waals surface area contributed by atoms with Crippen LogP contribution < -0.4 is 0 Å². The number of methoxy groups -OCH3 is 2. The standard InChI is InChI=1S/C16H18O4/c1-19-15(17)11-7-8-12(16(18)20-2)14-10-6-4-3-5-9(10)13(11)14/h7-10H,3-6H2,1-2H3. The molecule has 3 rings (SSSR count). The lowest BCUT2D eigenvalue weighted by Gasteiger charge is -2.45. The topological polar surface area (TPSA) is 52.6 Å². The minimum absolute atomic E-state index is 0.318. The highest BCUT2D eigenvalue weighted by atomic mass is 16.5. The molecule has 2 aliphatic carbocycles. The molecule has 4 nitrogen and oxygen atoms in total. The monoisotopic (exact) mass is 274 g/mol. The second kappa shape index (κ2) is 4.93. The van der Waals surface area contributed by atoms with Crippen LogP contribution in [-0.2, 0) is 9.47 Å². The van der Waals surface area contributed by atoms with Crippen LogP contribution in [0.25, 0.3) is 0 Å². The Morgan fingerprint density at radius 1 is 0.900 bits per heavy atom. The molecule has 0 aliphatic heterocycles. The summed E-state index contributed by atoms with van der Waals surface area (Å²) in [5.41, 5.74) is 3.26. The normalized spacial score (nSPS) is 23.1. The van der Waals surface area contributed by atoms with Crippen LogP contribution in [0.5, 0.6) is 0 Å². The average molecular weight is 274 g/mol.